The van der Waals surface area contributed by atoms with E-state index in [0.29, 0.717) is 43.6 Å². The first kappa shape index (κ1) is 23.8. The summed E-state index contributed by atoms with van der Waals surface area (Å²) in [5.74, 6) is 6.37. The number of hydrogen-bond acceptors (Lipinski definition) is 4. The molecule has 0 aliphatic carbocycles. The Bertz CT molecular complexity index is 1240. The second-order valence-electron chi connectivity index (χ2n) is 8.53. The average Bonchev–Trinajstić information content (AvgIpc) is 3.19. The molecule has 3 N–H and O–H groups in total. The second-order valence-corrected chi connectivity index (χ2v) is 8.53. The molecule has 0 radical (unpaired) electrons. The van der Waals surface area contributed by atoms with Crippen molar-refractivity contribution < 1.29 is 14.4 Å². The van der Waals surface area contributed by atoms with E-state index in [1.165, 1.54) is 0 Å². The molecule has 0 bridgehead atoms. The summed E-state index contributed by atoms with van der Waals surface area (Å²) in [6.07, 6.45) is 3.20. The van der Waals surface area contributed by atoms with E-state index in [9.17, 15) is 14.4 Å². The number of hydrogen-bond donors (Lipinski definition) is 3. The standard InChI is InChI=1S/C28H28N4O3/c1-19-26(14-15-27(34)31-19)32-17-25-21(8-6-9-24(25)20(32)2)7-4-3-5-16-29-28(35)22-10-12-23(13-11-22)30-18-33/h6,8-13,18,26H,1-3,5,14-17H2,(H,29,35)(H,30,33)(H,31,34). The molecule has 3 amide bonds. The number of fused-ring (bicyclic) bond motifs is 1. The predicted octanol–water partition coefficient (Wildman–Crippen LogP) is 3.40. The summed E-state index contributed by atoms with van der Waals surface area (Å²) in [6, 6.07) is 12.8. The van der Waals surface area contributed by atoms with Crippen LogP contribution in [-0.2, 0) is 16.1 Å². The van der Waals surface area contributed by atoms with Gasteiger partial charge < -0.3 is 20.9 Å². The van der Waals surface area contributed by atoms with Crippen LogP contribution in [0.1, 0.15) is 52.7 Å². The fourth-order valence-corrected chi connectivity index (χ4v) is 4.40. The molecule has 0 saturated carbocycles. The monoisotopic (exact) mass is 468 g/mol. The maximum absolute atomic E-state index is 12.2. The summed E-state index contributed by atoms with van der Waals surface area (Å²) < 4.78 is 0. The van der Waals surface area contributed by atoms with Crippen molar-refractivity contribution in [2.24, 2.45) is 0 Å². The zero-order chi connectivity index (χ0) is 24.8. The molecule has 1 atom stereocenters. The number of benzene rings is 2. The molecule has 2 aromatic rings. The van der Waals surface area contributed by atoms with Crippen molar-refractivity contribution in [2.45, 2.75) is 38.3 Å². The molecule has 1 saturated heterocycles. The molecule has 1 unspecified atom stereocenters. The highest BCUT2D eigenvalue weighted by Gasteiger charge is 2.33. The molecular weight excluding hydrogens is 440 g/mol. The van der Waals surface area contributed by atoms with Crippen molar-refractivity contribution >= 4 is 29.6 Å². The summed E-state index contributed by atoms with van der Waals surface area (Å²) in [5, 5.41) is 8.29. The molecule has 4 rings (SSSR count). The third-order valence-electron chi connectivity index (χ3n) is 6.25. The third kappa shape index (κ3) is 5.44. The summed E-state index contributed by atoms with van der Waals surface area (Å²) in [4.78, 5) is 36.6. The van der Waals surface area contributed by atoms with Gasteiger partial charge in [0.2, 0.25) is 12.3 Å². The third-order valence-corrected chi connectivity index (χ3v) is 6.25. The number of rotatable bonds is 7. The zero-order valence-electron chi connectivity index (χ0n) is 19.5. The van der Waals surface area contributed by atoms with E-state index in [1.807, 2.05) is 12.1 Å². The Morgan fingerprint density at radius 2 is 2.00 bits per heavy atom. The molecule has 2 aliphatic heterocycles. The summed E-state index contributed by atoms with van der Waals surface area (Å²) in [7, 11) is 0. The summed E-state index contributed by atoms with van der Waals surface area (Å²) in [6.45, 7) is 9.54. The minimum absolute atomic E-state index is 0.0149. The number of nitrogens with one attached hydrogen (secondary N) is 3. The Balaban J connectivity index is 1.30. The van der Waals surface area contributed by atoms with Crippen LogP contribution in [0.2, 0.25) is 0 Å². The number of nitrogens with zero attached hydrogens (tertiary/aromatic N) is 1. The van der Waals surface area contributed by atoms with Gasteiger partial charge in [-0.15, -0.1) is 0 Å². The molecule has 0 aromatic heterocycles. The minimum atomic E-state index is -0.157. The first-order chi connectivity index (χ1) is 17.0. The quantitative estimate of drug-likeness (QED) is 0.330. The summed E-state index contributed by atoms with van der Waals surface area (Å²) in [5.41, 5.74) is 6.05. The number of piperidine rings is 1. The van der Waals surface area contributed by atoms with Crippen molar-refractivity contribution in [3.63, 3.8) is 0 Å². The van der Waals surface area contributed by atoms with Gasteiger partial charge in [0.1, 0.15) is 0 Å². The van der Waals surface area contributed by atoms with Crippen LogP contribution in [0.5, 0.6) is 0 Å². The number of anilines is 1. The highest BCUT2D eigenvalue weighted by atomic mass is 16.2. The lowest BCUT2D eigenvalue weighted by molar-refractivity contribution is -0.121. The normalized spacial score (nSPS) is 16.6. The van der Waals surface area contributed by atoms with Gasteiger partial charge in [0.15, 0.2) is 0 Å². The van der Waals surface area contributed by atoms with Gasteiger partial charge in [-0.3, -0.25) is 14.4 Å². The van der Waals surface area contributed by atoms with E-state index in [-0.39, 0.29) is 17.9 Å². The molecule has 35 heavy (non-hydrogen) atoms. The predicted molar refractivity (Wildman–Crippen MR) is 136 cm³/mol. The van der Waals surface area contributed by atoms with E-state index < -0.39 is 0 Å². The fourth-order valence-electron chi connectivity index (χ4n) is 4.40. The van der Waals surface area contributed by atoms with Crippen molar-refractivity contribution in [2.75, 3.05) is 11.9 Å². The van der Waals surface area contributed by atoms with Gasteiger partial charge in [-0.25, -0.2) is 0 Å². The van der Waals surface area contributed by atoms with Gasteiger partial charge in [-0.1, -0.05) is 37.1 Å². The maximum Gasteiger partial charge on any atom is 0.251 e. The highest BCUT2D eigenvalue weighted by Crippen LogP contribution is 2.37. The Morgan fingerprint density at radius 3 is 2.74 bits per heavy atom. The molecule has 0 spiro atoms. The molecule has 7 nitrogen and oxygen atoms in total. The topological polar surface area (TPSA) is 90.5 Å². The van der Waals surface area contributed by atoms with Gasteiger partial charge in [0, 0.05) is 59.7 Å². The van der Waals surface area contributed by atoms with Gasteiger partial charge in [0.05, 0.1) is 6.04 Å². The van der Waals surface area contributed by atoms with E-state index in [0.717, 1.165) is 40.9 Å². The first-order valence-corrected chi connectivity index (χ1v) is 11.6. The van der Waals surface area contributed by atoms with Crippen LogP contribution >= 0.6 is 0 Å². The Hall–Kier alpha value is -4.31. The van der Waals surface area contributed by atoms with Crippen LogP contribution < -0.4 is 16.0 Å². The van der Waals surface area contributed by atoms with E-state index in [1.54, 1.807) is 24.3 Å². The van der Waals surface area contributed by atoms with Crippen LogP contribution in [0.4, 0.5) is 5.69 Å². The Kier molecular flexibility index (Phi) is 7.32. The molecule has 2 heterocycles. The average molecular weight is 469 g/mol. The van der Waals surface area contributed by atoms with Gasteiger partial charge in [0.25, 0.3) is 5.91 Å². The number of unbranched alkanes of at least 4 members (excludes halogenated alkanes) is 1. The van der Waals surface area contributed by atoms with Crippen LogP contribution in [0, 0.1) is 11.8 Å². The lowest BCUT2D eigenvalue weighted by Crippen LogP contribution is -2.43. The van der Waals surface area contributed by atoms with Crippen molar-refractivity contribution in [1.29, 1.82) is 0 Å². The van der Waals surface area contributed by atoms with E-state index in [4.69, 9.17) is 0 Å². The zero-order valence-corrected chi connectivity index (χ0v) is 19.5. The smallest absolute Gasteiger partial charge is 0.251 e. The maximum atomic E-state index is 12.2. The van der Waals surface area contributed by atoms with E-state index in [2.05, 4.69) is 51.9 Å². The molecule has 1 fully saturated rings. The molecule has 2 aromatic carbocycles. The molecular formula is C28H28N4O3. The van der Waals surface area contributed by atoms with Crippen LogP contribution in [-0.4, -0.2) is 35.7 Å². The van der Waals surface area contributed by atoms with E-state index >= 15 is 0 Å². The lowest BCUT2D eigenvalue weighted by atomic mass is 10.0. The number of amides is 3. The molecule has 7 heteroatoms. The second kappa shape index (κ2) is 10.7. The largest absolute Gasteiger partial charge is 0.359 e. The fraction of sp³-hybridized carbons (Fsp3) is 0.250. The Labute approximate surface area is 205 Å². The Morgan fingerprint density at radius 1 is 1.20 bits per heavy atom. The minimum Gasteiger partial charge on any atom is -0.359 e. The van der Waals surface area contributed by atoms with Crippen molar-refractivity contribution in [1.82, 2.24) is 15.5 Å². The van der Waals surface area contributed by atoms with Gasteiger partial charge in [-0.2, -0.15) is 0 Å². The van der Waals surface area contributed by atoms with Gasteiger partial charge in [-0.05, 0) is 48.7 Å². The number of carbonyl (C=O) groups excluding carboxylic acids is 3. The highest BCUT2D eigenvalue weighted by molar-refractivity contribution is 5.94. The lowest BCUT2D eigenvalue weighted by Gasteiger charge is -2.34. The molecule has 178 valence electrons. The van der Waals surface area contributed by atoms with Crippen LogP contribution in [0.15, 0.2) is 61.3 Å². The van der Waals surface area contributed by atoms with Crippen molar-refractivity contribution in [3.05, 3.63) is 83.6 Å². The van der Waals surface area contributed by atoms with Crippen molar-refractivity contribution in [3.8, 4) is 11.8 Å². The van der Waals surface area contributed by atoms with Crippen LogP contribution in [0.25, 0.3) is 5.70 Å². The molecule has 2 aliphatic rings. The van der Waals surface area contributed by atoms with Gasteiger partial charge >= 0.3 is 0 Å². The van der Waals surface area contributed by atoms with Crippen LogP contribution in [0.3, 0.4) is 0 Å². The SMILES string of the molecule is C=C1NC(=O)CCC1N1Cc2c(C#CCCCNC(=O)c3ccc(NC=O)cc3)cccc2C1=C. The first-order valence-electron chi connectivity index (χ1n) is 11.6. The number of carbonyl (C=O) groups is 3. The summed E-state index contributed by atoms with van der Waals surface area (Å²) >= 11 is 0.